The van der Waals surface area contributed by atoms with Crippen LogP contribution in [0.5, 0.6) is 0 Å². The van der Waals surface area contributed by atoms with Crippen LogP contribution in [0.2, 0.25) is 0 Å². The lowest BCUT2D eigenvalue weighted by Crippen LogP contribution is -2.29. The molecule has 1 rings (SSSR count). The fraction of sp³-hybridized carbons (Fsp3) is 0.583. The van der Waals surface area contributed by atoms with Crippen LogP contribution in [0.1, 0.15) is 25.8 Å². The van der Waals surface area contributed by atoms with Crippen LogP contribution in [-0.4, -0.2) is 19.1 Å². The second-order valence-corrected chi connectivity index (χ2v) is 4.07. The molecule has 1 N–H and O–H groups in total. The molecule has 0 aromatic carbocycles. The molecule has 1 aromatic heterocycles. The van der Waals surface area contributed by atoms with Gasteiger partial charge >= 0.3 is 5.97 Å². The number of rotatable bonds is 6. The van der Waals surface area contributed by atoms with Crippen molar-refractivity contribution in [1.82, 2.24) is 5.32 Å². The van der Waals surface area contributed by atoms with Crippen LogP contribution in [0.3, 0.4) is 0 Å². The van der Waals surface area contributed by atoms with E-state index in [4.69, 9.17) is 4.42 Å². The van der Waals surface area contributed by atoms with Crippen molar-refractivity contribution >= 4 is 5.97 Å². The number of ether oxygens (including phenoxy) is 1. The second-order valence-electron chi connectivity index (χ2n) is 4.07. The highest BCUT2D eigenvalue weighted by molar-refractivity contribution is 5.71. The summed E-state index contributed by atoms with van der Waals surface area (Å²) in [5.74, 6) is -0.228. The van der Waals surface area contributed by atoms with E-state index in [1.165, 1.54) is 7.11 Å². The average Bonchev–Trinajstić information content (AvgIpc) is 2.78. The van der Waals surface area contributed by atoms with E-state index in [1.54, 1.807) is 12.5 Å². The molecule has 0 aliphatic carbocycles. The fourth-order valence-corrected chi connectivity index (χ4v) is 1.60. The van der Waals surface area contributed by atoms with Crippen LogP contribution < -0.4 is 5.32 Å². The molecule has 4 heteroatoms. The molecule has 0 saturated carbocycles. The zero-order chi connectivity index (χ0) is 12.0. The Morgan fingerprint density at radius 2 is 2.31 bits per heavy atom. The van der Waals surface area contributed by atoms with Crippen molar-refractivity contribution < 1.29 is 13.9 Å². The zero-order valence-electron chi connectivity index (χ0n) is 10.0. The van der Waals surface area contributed by atoms with Gasteiger partial charge in [-0.3, -0.25) is 4.79 Å². The van der Waals surface area contributed by atoms with Crippen molar-refractivity contribution in [3.63, 3.8) is 0 Å². The molecule has 2 unspecified atom stereocenters. The lowest BCUT2D eigenvalue weighted by atomic mass is 10.0. The molecular formula is C12H19NO3. The number of hydrogen-bond donors (Lipinski definition) is 1. The van der Waals surface area contributed by atoms with E-state index < -0.39 is 0 Å². The summed E-state index contributed by atoms with van der Waals surface area (Å²) in [4.78, 5) is 11.2. The summed E-state index contributed by atoms with van der Waals surface area (Å²) >= 11 is 0. The number of furan rings is 1. The number of carbonyl (C=O) groups is 1. The molecule has 0 radical (unpaired) electrons. The van der Waals surface area contributed by atoms with Gasteiger partial charge in [-0.25, -0.2) is 0 Å². The van der Waals surface area contributed by atoms with Gasteiger partial charge in [-0.1, -0.05) is 6.92 Å². The van der Waals surface area contributed by atoms with Gasteiger partial charge in [-0.2, -0.15) is 0 Å². The van der Waals surface area contributed by atoms with E-state index in [9.17, 15) is 4.79 Å². The third-order valence-electron chi connectivity index (χ3n) is 2.55. The van der Waals surface area contributed by atoms with Crippen molar-refractivity contribution in [3.05, 3.63) is 24.2 Å². The molecule has 0 fully saturated rings. The van der Waals surface area contributed by atoms with Gasteiger partial charge in [-0.15, -0.1) is 0 Å². The Morgan fingerprint density at radius 1 is 1.56 bits per heavy atom. The van der Waals surface area contributed by atoms with Crippen molar-refractivity contribution in [2.24, 2.45) is 5.92 Å². The van der Waals surface area contributed by atoms with Gasteiger partial charge in [0.2, 0.25) is 0 Å². The summed E-state index contributed by atoms with van der Waals surface area (Å²) < 4.78 is 9.65. The third-order valence-corrected chi connectivity index (χ3v) is 2.55. The molecule has 0 saturated heterocycles. The van der Waals surface area contributed by atoms with Crippen LogP contribution in [-0.2, 0) is 16.1 Å². The van der Waals surface area contributed by atoms with Crippen LogP contribution in [0.25, 0.3) is 0 Å². The number of carbonyl (C=O) groups excluding carboxylic acids is 1. The van der Waals surface area contributed by atoms with Gasteiger partial charge in [-0.05, 0) is 19.4 Å². The van der Waals surface area contributed by atoms with Crippen LogP contribution >= 0.6 is 0 Å². The predicted octanol–water partition coefficient (Wildman–Crippen LogP) is 1.96. The van der Waals surface area contributed by atoms with E-state index in [1.807, 2.05) is 13.0 Å². The van der Waals surface area contributed by atoms with Crippen LogP contribution in [0.4, 0.5) is 0 Å². The summed E-state index contributed by atoms with van der Waals surface area (Å²) in [6, 6.07) is 2.19. The molecule has 90 valence electrons. The maximum atomic E-state index is 11.2. The van der Waals surface area contributed by atoms with Crippen molar-refractivity contribution in [2.45, 2.75) is 32.9 Å². The molecule has 16 heavy (non-hydrogen) atoms. The van der Waals surface area contributed by atoms with Crippen molar-refractivity contribution in [3.8, 4) is 0 Å². The smallest absolute Gasteiger partial charge is 0.308 e. The molecule has 0 aliphatic heterocycles. The van der Waals surface area contributed by atoms with Gasteiger partial charge in [0.25, 0.3) is 0 Å². The van der Waals surface area contributed by atoms with E-state index in [2.05, 4.69) is 17.0 Å². The number of methoxy groups -OCH3 is 1. The highest BCUT2D eigenvalue weighted by Crippen LogP contribution is 2.08. The van der Waals surface area contributed by atoms with Gasteiger partial charge in [0.1, 0.15) is 0 Å². The minimum Gasteiger partial charge on any atom is -0.472 e. The standard InChI is InChI=1S/C12H19NO3/c1-9(12(14)15-3)6-10(2)13-7-11-4-5-16-8-11/h4-5,8-10,13H,6-7H2,1-3H3. The number of hydrogen-bond acceptors (Lipinski definition) is 4. The molecular weight excluding hydrogens is 206 g/mol. The van der Waals surface area contributed by atoms with E-state index in [0.717, 1.165) is 18.5 Å². The van der Waals surface area contributed by atoms with Crippen molar-refractivity contribution in [1.29, 1.82) is 0 Å². The largest absolute Gasteiger partial charge is 0.472 e. The van der Waals surface area contributed by atoms with Gasteiger partial charge in [0, 0.05) is 18.2 Å². The molecule has 2 atom stereocenters. The topological polar surface area (TPSA) is 51.5 Å². The Labute approximate surface area is 96.0 Å². The van der Waals surface area contributed by atoms with Gasteiger partial charge in [0.05, 0.1) is 25.6 Å². The first-order valence-corrected chi connectivity index (χ1v) is 5.45. The lowest BCUT2D eigenvalue weighted by molar-refractivity contribution is -0.145. The van der Waals surface area contributed by atoms with Crippen LogP contribution in [0, 0.1) is 5.92 Å². The minimum atomic E-state index is -0.156. The zero-order valence-corrected chi connectivity index (χ0v) is 10.0. The van der Waals surface area contributed by atoms with E-state index in [0.29, 0.717) is 0 Å². The first-order chi connectivity index (χ1) is 7.63. The summed E-state index contributed by atoms with van der Waals surface area (Å²) in [6.45, 7) is 4.69. The maximum absolute atomic E-state index is 11.2. The summed E-state index contributed by atoms with van der Waals surface area (Å²) in [5, 5.41) is 3.33. The summed E-state index contributed by atoms with van der Waals surface area (Å²) in [7, 11) is 1.42. The lowest BCUT2D eigenvalue weighted by Gasteiger charge is -2.16. The number of nitrogens with one attached hydrogen (secondary N) is 1. The Bertz CT molecular complexity index is 308. The summed E-state index contributed by atoms with van der Waals surface area (Å²) in [6.07, 6.45) is 4.13. The normalized spacial score (nSPS) is 14.4. The Hall–Kier alpha value is -1.29. The first kappa shape index (κ1) is 12.8. The molecule has 0 amide bonds. The highest BCUT2D eigenvalue weighted by Gasteiger charge is 2.16. The molecule has 0 aliphatic rings. The van der Waals surface area contributed by atoms with Gasteiger partial charge < -0.3 is 14.5 Å². The second kappa shape index (κ2) is 6.33. The van der Waals surface area contributed by atoms with Crippen molar-refractivity contribution in [2.75, 3.05) is 7.11 Å². The highest BCUT2D eigenvalue weighted by atomic mass is 16.5. The Kier molecular flexibility index (Phi) is 5.05. The average molecular weight is 225 g/mol. The Balaban J connectivity index is 2.25. The third kappa shape index (κ3) is 4.06. The van der Waals surface area contributed by atoms with E-state index in [-0.39, 0.29) is 17.9 Å². The predicted molar refractivity (Wildman–Crippen MR) is 60.8 cm³/mol. The minimum absolute atomic E-state index is 0.0724. The molecule has 4 nitrogen and oxygen atoms in total. The number of esters is 1. The van der Waals surface area contributed by atoms with Crippen LogP contribution in [0.15, 0.2) is 23.0 Å². The monoisotopic (exact) mass is 225 g/mol. The SMILES string of the molecule is COC(=O)C(C)CC(C)NCc1ccoc1. The summed E-state index contributed by atoms with van der Waals surface area (Å²) in [5.41, 5.74) is 1.11. The van der Waals surface area contributed by atoms with E-state index >= 15 is 0 Å². The molecule has 0 bridgehead atoms. The van der Waals surface area contributed by atoms with Gasteiger partial charge in [0.15, 0.2) is 0 Å². The first-order valence-electron chi connectivity index (χ1n) is 5.45. The quantitative estimate of drug-likeness (QED) is 0.752. The molecule has 1 aromatic rings. The fourth-order valence-electron chi connectivity index (χ4n) is 1.60. The Morgan fingerprint density at radius 3 is 2.88 bits per heavy atom. The molecule has 0 spiro atoms. The maximum Gasteiger partial charge on any atom is 0.308 e. The molecule has 1 heterocycles.